The van der Waals surface area contributed by atoms with Crippen LogP contribution in [0.15, 0.2) is 54.6 Å². The summed E-state index contributed by atoms with van der Waals surface area (Å²) in [5.74, 6) is -0.359. The number of carbonyl (C=O) groups excluding carboxylic acids is 2. The minimum Gasteiger partial charge on any atom is -0.338 e. The third-order valence-electron chi connectivity index (χ3n) is 3.97. The molecular formula is C20H25N3O2. The molecule has 5 heteroatoms. The normalized spacial score (nSPS) is 11.6. The first kappa shape index (κ1) is 18.7. The lowest BCUT2D eigenvalue weighted by molar-refractivity contribution is -0.122. The van der Waals surface area contributed by atoms with Crippen molar-refractivity contribution in [2.75, 3.05) is 13.1 Å². The van der Waals surface area contributed by atoms with E-state index in [-0.39, 0.29) is 5.91 Å². The quantitative estimate of drug-likeness (QED) is 0.726. The Balaban J connectivity index is 2.03. The molecule has 0 spiro atoms. The first-order valence-corrected chi connectivity index (χ1v) is 8.53. The van der Waals surface area contributed by atoms with E-state index in [2.05, 4.69) is 35.0 Å². The molecule has 132 valence electrons. The van der Waals surface area contributed by atoms with Crippen molar-refractivity contribution in [3.05, 3.63) is 71.3 Å². The van der Waals surface area contributed by atoms with Gasteiger partial charge in [0.15, 0.2) is 0 Å². The fourth-order valence-electron chi connectivity index (χ4n) is 2.64. The molecule has 0 bridgehead atoms. The first-order valence-electron chi connectivity index (χ1n) is 8.53. The summed E-state index contributed by atoms with van der Waals surface area (Å²) in [5.41, 5.74) is 3.30. The van der Waals surface area contributed by atoms with Gasteiger partial charge in [-0.15, -0.1) is 0 Å². The molecular weight excluding hydrogens is 314 g/mol. The van der Waals surface area contributed by atoms with Gasteiger partial charge in [0.25, 0.3) is 0 Å². The number of nitrogens with one attached hydrogen (secondary N) is 3. The van der Waals surface area contributed by atoms with E-state index in [0.717, 1.165) is 12.0 Å². The van der Waals surface area contributed by atoms with Crippen LogP contribution in [0.2, 0.25) is 0 Å². The van der Waals surface area contributed by atoms with Gasteiger partial charge >= 0.3 is 6.03 Å². The predicted molar refractivity (Wildman–Crippen MR) is 99.3 cm³/mol. The van der Waals surface area contributed by atoms with E-state index in [9.17, 15) is 9.59 Å². The standard InChI is InChI=1S/C20H25N3O2/c1-3-21-20(25)23-19(24)18(17-11-5-4-6-12-17)22-14-13-16-10-8-7-9-15(16)2/h4-12,18,22H,3,13-14H2,1-2H3,(H2,21,23,24,25)/t18-/m1/s1. The Bertz CT molecular complexity index is 701. The van der Waals surface area contributed by atoms with E-state index in [1.807, 2.05) is 42.5 Å². The zero-order chi connectivity index (χ0) is 18.1. The summed E-state index contributed by atoms with van der Waals surface area (Å²) in [7, 11) is 0. The molecule has 0 saturated carbocycles. The summed E-state index contributed by atoms with van der Waals surface area (Å²) in [6, 6.07) is 16.5. The Morgan fingerprint density at radius 3 is 2.36 bits per heavy atom. The average Bonchev–Trinajstić information content (AvgIpc) is 2.61. The number of rotatable bonds is 7. The molecule has 0 saturated heterocycles. The molecule has 2 aromatic rings. The largest absolute Gasteiger partial charge is 0.338 e. The molecule has 0 aliphatic heterocycles. The number of amides is 3. The molecule has 3 amide bonds. The van der Waals surface area contributed by atoms with E-state index >= 15 is 0 Å². The highest BCUT2D eigenvalue weighted by Gasteiger charge is 2.21. The lowest BCUT2D eigenvalue weighted by Crippen LogP contribution is -2.45. The molecule has 3 N–H and O–H groups in total. The molecule has 2 aromatic carbocycles. The van der Waals surface area contributed by atoms with Crippen molar-refractivity contribution in [1.29, 1.82) is 0 Å². The molecule has 0 heterocycles. The van der Waals surface area contributed by atoms with Crippen molar-refractivity contribution in [2.24, 2.45) is 0 Å². The summed E-state index contributed by atoms with van der Waals surface area (Å²) >= 11 is 0. The van der Waals surface area contributed by atoms with Crippen molar-refractivity contribution in [3.63, 3.8) is 0 Å². The van der Waals surface area contributed by atoms with Crippen LogP contribution in [0.1, 0.15) is 29.7 Å². The smallest absolute Gasteiger partial charge is 0.321 e. The Labute approximate surface area is 148 Å². The van der Waals surface area contributed by atoms with Crippen molar-refractivity contribution in [2.45, 2.75) is 26.3 Å². The Morgan fingerprint density at radius 1 is 1.00 bits per heavy atom. The van der Waals surface area contributed by atoms with Crippen LogP contribution in [-0.2, 0) is 11.2 Å². The summed E-state index contributed by atoms with van der Waals surface area (Å²) in [4.78, 5) is 24.2. The van der Waals surface area contributed by atoms with Gasteiger partial charge in [0.1, 0.15) is 6.04 Å². The van der Waals surface area contributed by atoms with Crippen LogP contribution >= 0.6 is 0 Å². The Hall–Kier alpha value is -2.66. The summed E-state index contributed by atoms with van der Waals surface area (Å²) in [6.07, 6.45) is 0.810. The van der Waals surface area contributed by atoms with Crippen LogP contribution in [0.3, 0.4) is 0 Å². The van der Waals surface area contributed by atoms with Gasteiger partial charge in [0, 0.05) is 13.1 Å². The molecule has 1 atom stereocenters. The van der Waals surface area contributed by atoms with Gasteiger partial charge in [0.2, 0.25) is 5.91 Å². The lowest BCUT2D eigenvalue weighted by atomic mass is 10.0. The number of benzene rings is 2. The average molecular weight is 339 g/mol. The Morgan fingerprint density at radius 2 is 1.68 bits per heavy atom. The van der Waals surface area contributed by atoms with E-state index in [1.165, 1.54) is 11.1 Å². The molecule has 0 unspecified atom stereocenters. The fraction of sp³-hybridized carbons (Fsp3) is 0.300. The molecule has 0 aromatic heterocycles. The van der Waals surface area contributed by atoms with Gasteiger partial charge in [-0.05, 0) is 37.0 Å². The van der Waals surface area contributed by atoms with Gasteiger partial charge in [-0.2, -0.15) is 0 Å². The second-order valence-electron chi connectivity index (χ2n) is 5.82. The highest BCUT2D eigenvalue weighted by molar-refractivity contribution is 5.97. The van der Waals surface area contributed by atoms with E-state index < -0.39 is 12.1 Å². The van der Waals surface area contributed by atoms with E-state index in [0.29, 0.717) is 13.1 Å². The van der Waals surface area contributed by atoms with Crippen LogP contribution in [0.4, 0.5) is 4.79 Å². The molecule has 5 nitrogen and oxygen atoms in total. The minimum absolute atomic E-state index is 0.359. The maximum atomic E-state index is 12.5. The first-order chi connectivity index (χ1) is 12.1. The number of aryl methyl sites for hydroxylation is 1. The number of hydrogen-bond acceptors (Lipinski definition) is 3. The van der Waals surface area contributed by atoms with Gasteiger partial charge in [-0.1, -0.05) is 54.6 Å². The summed E-state index contributed by atoms with van der Waals surface area (Å²) < 4.78 is 0. The summed E-state index contributed by atoms with van der Waals surface area (Å²) in [5, 5.41) is 8.23. The second kappa shape index (κ2) is 9.59. The topological polar surface area (TPSA) is 70.2 Å². The monoisotopic (exact) mass is 339 g/mol. The van der Waals surface area contributed by atoms with Crippen LogP contribution in [0, 0.1) is 6.92 Å². The molecule has 0 fully saturated rings. The highest BCUT2D eigenvalue weighted by atomic mass is 16.2. The molecule has 0 aliphatic rings. The summed E-state index contributed by atoms with van der Waals surface area (Å²) in [6.45, 7) is 4.98. The number of imide groups is 1. The lowest BCUT2D eigenvalue weighted by Gasteiger charge is -2.19. The maximum absolute atomic E-state index is 12.5. The van der Waals surface area contributed by atoms with E-state index in [4.69, 9.17) is 0 Å². The van der Waals surface area contributed by atoms with Gasteiger partial charge in [0.05, 0.1) is 0 Å². The number of carbonyl (C=O) groups is 2. The van der Waals surface area contributed by atoms with E-state index in [1.54, 1.807) is 6.92 Å². The van der Waals surface area contributed by atoms with Gasteiger partial charge in [-0.3, -0.25) is 10.1 Å². The molecule has 2 rings (SSSR count). The third-order valence-corrected chi connectivity index (χ3v) is 3.97. The number of hydrogen-bond donors (Lipinski definition) is 3. The molecule has 0 aliphatic carbocycles. The van der Waals surface area contributed by atoms with Crippen LogP contribution < -0.4 is 16.0 Å². The van der Waals surface area contributed by atoms with Crippen LogP contribution in [0.5, 0.6) is 0 Å². The number of urea groups is 1. The SMILES string of the molecule is CCNC(=O)NC(=O)[C@H](NCCc1ccccc1C)c1ccccc1. The predicted octanol–water partition coefficient (Wildman–Crippen LogP) is 2.71. The fourth-order valence-corrected chi connectivity index (χ4v) is 2.64. The van der Waals surface area contributed by atoms with Crippen molar-refractivity contribution >= 4 is 11.9 Å². The van der Waals surface area contributed by atoms with Crippen LogP contribution in [-0.4, -0.2) is 25.0 Å². The molecule has 0 radical (unpaired) electrons. The van der Waals surface area contributed by atoms with Gasteiger partial charge in [-0.25, -0.2) is 4.79 Å². The second-order valence-corrected chi connectivity index (χ2v) is 5.82. The zero-order valence-electron chi connectivity index (χ0n) is 14.7. The van der Waals surface area contributed by atoms with Crippen molar-refractivity contribution < 1.29 is 9.59 Å². The van der Waals surface area contributed by atoms with Gasteiger partial charge < -0.3 is 10.6 Å². The molecule has 25 heavy (non-hydrogen) atoms. The minimum atomic E-state index is -0.576. The Kier molecular flexibility index (Phi) is 7.16. The maximum Gasteiger partial charge on any atom is 0.321 e. The highest BCUT2D eigenvalue weighted by Crippen LogP contribution is 2.13. The van der Waals surface area contributed by atoms with Crippen molar-refractivity contribution in [1.82, 2.24) is 16.0 Å². The third kappa shape index (κ3) is 5.72. The van der Waals surface area contributed by atoms with Crippen molar-refractivity contribution in [3.8, 4) is 0 Å². The van der Waals surface area contributed by atoms with Crippen LogP contribution in [0.25, 0.3) is 0 Å². The zero-order valence-corrected chi connectivity index (χ0v) is 14.7.